The summed E-state index contributed by atoms with van der Waals surface area (Å²) in [4.78, 5) is 19.1. The number of carbonyl (C=O) groups excluding carboxylic acids is 1. The minimum absolute atomic E-state index is 0.0826. The lowest BCUT2D eigenvalue weighted by atomic mass is 10.3. The molecule has 0 aliphatic heterocycles. The molecule has 0 fully saturated rings. The van der Waals surface area contributed by atoms with Crippen LogP contribution in [0.2, 0.25) is 0 Å². The van der Waals surface area contributed by atoms with E-state index < -0.39 is 0 Å². The molecular formula is C12H16N4O. The van der Waals surface area contributed by atoms with Gasteiger partial charge in [-0.15, -0.1) is 0 Å². The third-order valence-electron chi connectivity index (χ3n) is 2.68. The molecule has 0 spiro atoms. The van der Waals surface area contributed by atoms with Gasteiger partial charge in [0.25, 0.3) is 5.91 Å². The Balaban J connectivity index is 2.07. The molecule has 1 unspecified atom stereocenters. The Kier molecular flexibility index (Phi) is 3.27. The number of nitrogens with zero attached hydrogens (tertiary/aromatic N) is 2. The molecule has 5 nitrogen and oxygen atoms in total. The van der Waals surface area contributed by atoms with Gasteiger partial charge in [0.1, 0.15) is 11.5 Å². The molecular weight excluding hydrogens is 216 g/mol. The maximum Gasteiger partial charge on any atom is 0.268 e. The van der Waals surface area contributed by atoms with Crippen molar-refractivity contribution in [3.05, 3.63) is 42.2 Å². The van der Waals surface area contributed by atoms with Crippen molar-refractivity contribution in [2.75, 3.05) is 0 Å². The largest absolute Gasteiger partial charge is 0.347 e. The Labute approximate surface area is 99.9 Å². The van der Waals surface area contributed by atoms with Crippen molar-refractivity contribution >= 4 is 5.91 Å². The van der Waals surface area contributed by atoms with Crippen molar-refractivity contribution in [3.8, 4) is 0 Å². The van der Waals surface area contributed by atoms with Gasteiger partial charge in [-0.2, -0.15) is 0 Å². The Morgan fingerprint density at radius 3 is 3.12 bits per heavy atom. The van der Waals surface area contributed by atoms with Gasteiger partial charge in [0.2, 0.25) is 0 Å². The summed E-state index contributed by atoms with van der Waals surface area (Å²) in [6.45, 7) is 4.69. The lowest BCUT2D eigenvalue weighted by Crippen LogP contribution is -2.29. The number of aromatic nitrogens is 3. The normalized spacial score (nSPS) is 12.4. The predicted molar refractivity (Wildman–Crippen MR) is 64.6 cm³/mol. The molecule has 17 heavy (non-hydrogen) atoms. The molecule has 0 aliphatic carbocycles. The first-order valence-corrected chi connectivity index (χ1v) is 5.67. The van der Waals surface area contributed by atoms with Gasteiger partial charge < -0.3 is 14.9 Å². The van der Waals surface area contributed by atoms with Crippen LogP contribution in [0.3, 0.4) is 0 Å². The summed E-state index contributed by atoms with van der Waals surface area (Å²) in [5.41, 5.74) is 0.672. The second kappa shape index (κ2) is 4.86. The molecule has 2 heterocycles. The number of carbonyl (C=O) groups is 1. The number of hydrogen-bond acceptors (Lipinski definition) is 2. The molecule has 0 saturated carbocycles. The van der Waals surface area contributed by atoms with Crippen molar-refractivity contribution in [1.29, 1.82) is 0 Å². The zero-order chi connectivity index (χ0) is 12.3. The number of imidazole rings is 1. The number of amides is 1. The monoisotopic (exact) mass is 232 g/mol. The Bertz CT molecular complexity index is 486. The highest BCUT2D eigenvalue weighted by Gasteiger charge is 2.15. The highest BCUT2D eigenvalue weighted by molar-refractivity contribution is 5.92. The number of aryl methyl sites for hydroxylation is 1. The molecule has 0 aromatic carbocycles. The highest BCUT2D eigenvalue weighted by Crippen LogP contribution is 2.08. The zero-order valence-electron chi connectivity index (χ0n) is 9.97. The van der Waals surface area contributed by atoms with Gasteiger partial charge in [-0.05, 0) is 26.0 Å². The third kappa shape index (κ3) is 2.38. The van der Waals surface area contributed by atoms with E-state index in [2.05, 4.69) is 15.3 Å². The smallest absolute Gasteiger partial charge is 0.268 e. The second-order valence-electron chi connectivity index (χ2n) is 3.85. The van der Waals surface area contributed by atoms with E-state index in [9.17, 15) is 4.79 Å². The van der Waals surface area contributed by atoms with Gasteiger partial charge in [-0.3, -0.25) is 4.79 Å². The number of hydrogen-bond donors (Lipinski definition) is 2. The molecule has 2 aromatic rings. The second-order valence-corrected chi connectivity index (χ2v) is 3.85. The number of nitrogens with one attached hydrogen (secondary N) is 2. The van der Waals surface area contributed by atoms with E-state index in [1.54, 1.807) is 12.4 Å². The van der Waals surface area contributed by atoms with Gasteiger partial charge >= 0.3 is 0 Å². The fourth-order valence-electron chi connectivity index (χ4n) is 1.75. The van der Waals surface area contributed by atoms with Crippen LogP contribution in [0.15, 0.2) is 30.7 Å². The van der Waals surface area contributed by atoms with Crippen molar-refractivity contribution in [3.63, 3.8) is 0 Å². The van der Waals surface area contributed by atoms with Crippen LogP contribution in [0.1, 0.15) is 36.2 Å². The van der Waals surface area contributed by atoms with Crippen LogP contribution in [0.4, 0.5) is 0 Å². The SMILES string of the molecule is CCn1cccc1C(=O)NC(C)c1ncc[nH]1. The first kappa shape index (κ1) is 11.4. The number of H-pyrrole nitrogens is 1. The van der Waals surface area contributed by atoms with Crippen molar-refractivity contribution < 1.29 is 4.79 Å². The van der Waals surface area contributed by atoms with Gasteiger partial charge in [-0.1, -0.05) is 0 Å². The molecule has 0 radical (unpaired) electrons. The molecule has 90 valence electrons. The fraction of sp³-hybridized carbons (Fsp3) is 0.333. The third-order valence-corrected chi connectivity index (χ3v) is 2.68. The minimum Gasteiger partial charge on any atom is -0.347 e. The standard InChI is InChI=1S/C12H16N4O/c1-3-16-8-4-5-10(16)12(17)15-9(2)11-13-6-7-14-11/h4-9H,3H2,1-2H3,(H,13,14)(H,15,17). The molecule has 2 aromatic heterocycles. The van der Waals surface area contributed by atoms with E-state index >= 15 is 0 Å². The van der Waals surface area contributed by atoms with Gasteiger partial charge in [-0.25, -0.2) is 4.98 Å². The molecule has 2 rings (SSSR count). The van der Waals surface area contributed by atoms with E-state index in [-0.39, 0.29) is 11.9 Å². The van der Waals surface area contributed by atoms with Crippen LogP contribution in [0.5, 0.6) is 0 Å². The lowest BCUT2D eigenvalue weighted by molar-refractivity contribution is 0.0929. The molecule has 0 saturated heterocycles. The predicted octanol–water partition coefficient (Wildman–Crippen LogP) is 1.72. The molecule has 0 aliphatic rings. The molecule has 1 atom stereocenters. The number of aromatic amines is 1. The zero-order valence-corrected chi connectivity index (χ0v) is 9.97. The van der Waals surface area contributed by atoms with Gasteiger partial charge in [0.15, 0.2) is 0 Å². The number of rotatable bonds is 4. The van der Waals surface area contributed by atoms with E-state index in [1.165, 1.54) is 0 Å². The van der Waals surface area contributed by atoms with E-state index in [0.717, 1.165) is 12.4 Å². The fourth-order valence-corrected chi connectivity index (χ4v) is 1.75. The summed E-state index contributed by atoms with van der Waals surface area (Å²) in [7, 11) is 0. The average molecular weight is 232 g/mol. The van der Waals surface area contributed by atoms with Crippen LogP contribution < -0.4 is 5.32 Å². The van der Waals surface area contributed by atoms with E-state index in [1.807, 2.05) is 36.7 Å². The van der Waals surface area contributed by atoms with Crippen LogP contribution in [-0.4, -0.2) is 20.4 Å². The molecule has 1 amide bonds. The van der Waals surface area contributed by atoms with Gasteiger partial charge in [0, 0.05) is 25.1 Å². The minimum atomic E-state index is -0.127. The molecule has 0 bridgehead atoms. The Morgan fingerprint density at radius 1 is 1.65 bits per heavy atom. The van der Waals surface area contributed by atoms with Crippen LogP contribution >= 0.6 is 0 Å². The molecule has 2 N–H and O–H groups in total. The van der Waals surface area contributed by atoms with Gasteiger partial charge in [0.05, 0.1) is 6.04 Å². The highest BCUT2D eigenvalue weighted by atomic mass is 16.2. The summed E-state index contributed by atoms with van der Waals surface area (Å²) < 4.78 is 1.91. The lowest BCUT2D eigenvalue weighted by Gasteiger charge is -2.12. The topological polar surface area (TPSA) is 62.7 Å². The molecule has 5 heteroatoms. The Morgan fingerprint density at radius 2 is 2.47 bits per heavy atom. The van der Waals surface area contributed by atoms with Crippen LogP contribution in [-0.2, 0) is 6.54 Å². The quantitative estimate of drug-likeness (QED) is 0.843. The first-order valence-electron chi connectivity index (χ1n) is 5.67. The summed E-state index contributed by atoms with van der Waals surface area (Å²) in [5, 5.41) is 2.91. The maximum absolute atomic E-state index is 12.0. The summed E-state index contributed by atoms with van der Waals surface area (Å²) >= 11 is 0. The maximum atomic E-state index is 12.0. The van der Waals surface area contributed by atoms with Crippen molar-refractivity contribution in [1.82, 2.24) is 19.9 Å². The van der Waals surface area contributed by atoms with E-state index in [4.69, 9.17) is 0 Å². The average Bonchev–Trinajstić information content (AvgIpc) is 2.99. The first-order chi connectivity index (χ1) is 8.22. The Hall–Kier alpha value is -2.04. The summed E-state index contributed by atoms with van der Waals surface area (Å²) in [6.07, 6.45) is 5.31. The van der Waals surface area contributed by atoms with E-state index in [0.29, 0.717) is 5.69 Å². The van der Waals surface area contributed by atoms with Crippen LogP contribution in [0, 0.1) is 0 Å². The van der Waals surface area contributed by atoms with Crippen LogP contribution in [0.25, 0.3) is 0 Å². The van der Waals surface area contributed by atoms with Crippen molar-refractivity contribution in [2.24, 2.45) is 0 Å². The summed E-state index contributed by atoms with van der Waals surface area (Å²) in [5.74, 6) is 0.675. The summed E-state index contributed by atoms with van der Waals surface area (Å²) in [6, 6.07) is 3.56. The van der Waals surface area contributed by atoms with Crippen molar-refractivity contribution in [2.45, 2.75) is 26.4 Å².